The number of thioether (sulfide) groups is 1. The monoisotopic (exact) mass is 421 g/mol. The molecule has 1 amide bonds. The Hall–Kier alpha value is -1.18. The van der Waals surface area contributed by atoms with E-state index in [9.17, 15) is 28.2 Å². The first-order valence-electron chi connectivity index (χ1n) is 8.62. The van der Waals surface area contributed by atoms with Crippen LogP contribution in [0, 0.1) is 11.8 Å². The fraction of sp³-hybridized carbons (Fsp3) is 0.733. The van der Waals surface area contributed by atoms with Crippen LogP contribution in [0.1, 0.15) is 20.3 Å². The molecule has 10 nitrogen and oxygen atoms in total. The Bertz CT molecular complexity index is 782. The van der Waals surface area contributed by atoms with Crippen LogP contribution in [0.3, 0.4) is 0 Å². The molecular formula is C15H23N3O7S2. The second-order valence-corrected chi connectivity index (χ2v) is 9.76. The highest BCUT2D eigenvalue weighted by Gasteiger charge is 2.60. The number of hydrogen-bond acceptors (Lipinski definition) is 7. The summed E-state index contributed by atoms with van der Waals surface area (Å²) in [4.78, 5) is 26.0. The molecule has 0 aromatic carbocycles. The van der Waals surface area contributed by atoms with Crippen LogP contribution in [0.2, 0.25) is 0 Å². The molecule has 27 heavy (non-hydrogen) atoms. The summed E-state index contributed by atoms with van der Waals surface area (Å²) in [7, 11) is -4.26. The summed E-state index contributed by atoms with van der Waals surface area (Å²) in [5, 5.41) is 22.6. The van der Waals surface area contributed by atoms with Crippen LogP contribution < -0.4 is 10.0 Å². The molecule has 0 aliphatic carbocycles. The van der Waals surface area contributed by atoms with E-state index in [1.807, 2.05) is 11.6 Å². The molecule has 3 aliphatic heterocycles. The van der Waals surface area contributed by atoms with Crippen LogP contribution in [-0.2, 0) is 19.9 Å². The number of nitrogens with one attached hydrogen (secondary N) is 2. The molecule has 0 aromatic heterocycles. The highest BCUT2D eigenvalue weighted by Crippen LogP contribution is 2.51. The molecule has 3 rings (SSSR count). The van der Waals surface area contributed by atoms with E-state index in [-0.39, 0.29) is 41.4 Å². The third-order valence-electron chi connectivity index (χ3n) is 5.30. The SMILES string of the molecule is C[C@@H](O)[C@H]1C(=O)N2C(C(=O)O)=C(SC3CNC(CNS(=O)(=O)O)C3)[C@H](C)[C@H]12. The van der Waals surface area contributed by atoms with Crippen LogP contribution in [0.5, 0.6) is 0 Å². The molecule has 0 saturated carbocycles. The maximum absolute atomic E-state index is 12.3. The molecule has 5 N–H and O–H groups in total. The van der Waals surface area contributed by atoms with Gasteiger partial charge in [-0.3, -0.25) is 9.35 Å². The average molecular weight is 421 g/mol. The topological polar surface area (TPSA) is 156 Å². The fourth-order valence-corrected chi connectivity index (χ4v) is 6.02. The van der Waals surface area contributed by atoms with Crippen molar-refractivity contribution in [3.05, 3.63) is 10.6 Å². The van der Waals surface area contributed by atoms with Gasteiger partial charge >= 0.3 is 16.3 Å². The van der Waals surface area contributed by atoms with Crippen molar-refractivity contribution in [3.8, 4) is 0 Å². The van der Waals surface area contributed by atoms with Crippen molar-refractivity contribution < 1.29 is 32.8 Å². The maximum atomic E-state index is 12.3. The molecule has 2 unspecified atom stereocenters. The Morgan fingerprint density at radius 2 is 2.15 bits per heavy atom. The predicted molar refractivity (Wildman–Crippen MR) is 97.0 cm³/mol. The highest BCUT2D eigenvalue weighted by atomic mass is 32.2. The lowest BCUT2D eigenvalue weighted by Gasteiger charge is -2.46. The Morgan fingerprint density at radius 3 is 2.70 bits per heavy atom. The number of carboxylic acid groups (broad SMARTS) is 1. The van der Waals surface area contributed by atoms with E-state index in [0.717, 1.165) is 0 Å². The summed E-state index contributed by atoms with van der Waals surface area (Å²) in [6.45, 7) is 3.97. The zero-order valence-electron chi connectivity index (χ0n) is 14.8. The molecule has 3 heterocycles. The van der Waals surface area contributed by atoms with Crippen LogP contribution >= 0.6 is 11.8 Å². The molecule has 152 valence electrons. The van der Waals surface area contributed by atoms with Gasteiger partial charge in [-0.15, -0.1) is 11.8 Å². The minimum atomic E-state index is -4.26. The number of carbonyl (C=O) groups excluding carboxylic acids is 1. The van der Waals surface area contributed by atoms with E-state index in [2.05, 4.69) is 5.32 Å². The Balaban J connectivity index is 1.71. The fourth-order valence-electron chi connectivity index (χ4n) is 4.09. The molecule has 0 radical (unpaired) electrons. The van der Waals surface area contributed by atoms with Gasteiger partial charge in [0.05, 0.1) is 18.1 Å². The number of aliphatic carboxylic acids is 1. The van der Waals surface area contributed by atoms with Gasteiger partial charge < -0.3 is 20.4 Å². The normalized spacial score (nSPS) is 34.6. The first-order chi connectivity index (χ1) is 12.5. The smallest absolute Gasteiger partial charge is 0.353 e. The first kappa shape index (κ1) is 20.6. The highest BCUT2D eigenvalue weighted by molar-refractivity contribution is 8.03. The van der Waals surface area contributed by atoms with Crippen molar-refractivity contribution in [2.75, 3.05) is 13.1 Å². The van der Waals surface area contributed by atoms with Crippen LogP contribution in [0.25, 0.3) is 0 Å². The number of β-lactam (4-membered cyclic amide) rings is 1. The summed E-state index contributed by atoms with van der Waals surface area (Å²) in [6.07, 6.45) is -0.265. The molecular weight excluding hydrogens is 398 g/mol. The lowest BCUT2D eigenvalue weighted by Crippen LogP contribution is -2.63. The van der Waals surface area contributed by atoms with Crippen molar-refractivity contribution in [3.63, 3.8) is 0 Å². The van der Waals surface area contributed by atoms with Gasteiger partial charge in [-0.05, 0) is 13.3 Å². The molecule has 0 bridgehead atoms. The number of carbonyl (C=O) groups is 2. The van der Waals surface area contributed by atoms with Gasteiger partial charge in [0.15, 0.2) is 0 Å². The number of hydrogen-bond donors (Lipinski definition) is 5. The Morgan fingerprint density at radius 1 is 1.48 bits per heavy atom. The van der Waals surface area contributed by atoms with E-state index in [1.165, 1.54) is 23.6 Å². The predicted octanol–water partition coefficient (Wildman–Crippen LogP) is -1.00. The number of aliphatic hydroxyl groups is 1. The van der Waals surface area contributed by atoms with Gasteiger partial charge in [0, 0.05) is 35.2 Å². The number of fused-ring (bicyclic) bond motifs is 1. The standard InChI is InChI=1S/C15H23N3O7S2/c1-6-11-10(7(2)19)14(20)18(11)12(15(21)22)13(6)26-9-3-8(16-5-9)4-17-27(23,24)25/h6-11,16-17,19H,3-5H2,1-2H3,(H,21,22)(H,23,24,25)/t6-,7-,8?,9?,10-,11-/m1/s1. The van der Waals surface area contributed by atoms with Crippen molar-refractivity contribution in [1.82, 2.24) is 14.9 Å². The third kappa shape index (κ3) is 3.87. The summed E-state index contributed by atoms with van der Waals surface area (Å²) in [5.41, 5.74) is -0.0149. The van der Waals surface area contributed by atoms with E-state index in [0.29, 0.717) is 17.9 Å². The number of amides is 1. The van der Waals surface area contributed by atoms with Gasteiger partial charge in [0.2, 0.25) is 5.91 Å². The van der Waals surface area contributed by atoms with Crippen LogP contribution in [0.4, 0.5) is 0 Å². The number of nitrogens with zero attached hydrogens (tertiary/aromatic N) is 1. The number of carboxylic acids is 1. The summed E-state index contributed by atoms with van der Waals surface area (Å²) in [5.74, 6) is -2.33. The zero-order chi connectivity index (χ0) is 20.1. The number of aliphatic hydroxyl groups excluding tert-OH is 1. The largest absolute Gasteiger partial charge is 0.477 e. The van der Waals surface area contributed by atoms with E-state index in [4.69, 9.17) is 4.55 Å². The Labute approximate surface area is 161 Å². The second-order valence-electron chi connectivity index (χ2n) is 7.18. The minimum Gasteiger partial charge on any atom is -0.477 e. The van der Waals surface area contributed by atoms with Crippen LogP contribution in [-0.4, -0.2) is 76.5 Å². The number of rotatable bonds is 7. The van der Waals surface area contributed by atoms with Crippen molar-refractivity contribution >= 4 is 33.9 Å². The zero-order valence-corrected chi connectivity index (χ0v) is 16.5. The van der Waals surface area contributed by atoms with Crippen molar-refractivity contribution in [1.29, 1.82) is 0 Å². The van der Waals surface area contributed by atoms with E-state index < -0.39 is 28.3 Å². The van der Waals surface area contributed by atoms with Gasteiger partial charge in [0.1, 0.15) is 5.70 Å². The van der Waals surface area contributed by atoms with Gasteiger partial charge in [-0.2, -0.15) is 13.1 Å². The average Bonchev–Trinajstić information content (AvgIpc) is 3.07. The maximum Gasteiger partial charge on any atom is 0.353 e. The third-order valence-corrected chi connectivity index (χ3v) is 7.34. The lowest BCUT2D eigenvalue weighted by atomic mass is 9.79. The van der Waals surface area contributed by atoms with E-state index >= 15 is 0 Å². The van der Waals surface area contributed by atoms with Gasteiger partial charge in [-0.1, -0.05) is 6.92 Å². The molecule has 6 atom stereocenters. The lowest BCUT2D eigenvalue weighted by molar-refractivity contribution is -0.163. The molecule has 0 aromatic rings. The summed E-state index contributed by atoms with van der Waals surface area (Å²) >= 11 is 1.38. The molecule has 2 fully saturated rings. The van der Waals surface area contributed by atoms with Gasteiger partial charge in [-0.25, -0.2) is 4.79 Å². The van der Waals surface area contributed by atoms with Crippen molar-refractivity contribution in [2.45, 2.75) is 43.7 Å². The Kier molecular flexibility index (Phi) is 5.58. The minimum absolute atomic E-state index is 0.00352. The van der Waals surface area contributed by atoms with Gasteiger partial charge in [0.25, 0.3) is 0 Å². The molecule has 12 heteroatoms. The second kappa shape index (κ2) is 7.33. The molecule has 2 saturated heterocycles. The quantitative estimate of drug-likeness (QED) is 0.257. The van der Waals surface area contributed by atoms with Crippen molar-refractivity contribution in [2.24, 2.45) is 11.8 Å². The summed E-state index contributed by atoms with van der Waals surface area (Å²) in [6, 6.07) is -0.531. The molecule has 3 aliphatic rings. The first-order valence-corrected chi connectivity index (χ1v) is 10.9. The van der Waals surface area contributed by atoms with Crippen LogP contribution in [0.15, 0.2) is 10.6 Å². The summed E-state index contributed by atoms with van der Waals surface area (Å²) < 4.78 is 32.4. The molecule has 0 spiro atoms. The van der Waals surface area contributed by atoms with E-state index in [1.54, 1.807) is 0 Å².